The lowest BCUT2D eigenvalue weighted by Gasteiger charge is -2.19. The van der Waals surface area contributed by atoms with E-state index in [0.29, 0.717) is 6.54 Å². The molecule has 0 aliphatic carbocycles. The smallest absolute Gasteiger partial charge is 0.234 e. The van der Waals surface area contributed by atoms with Gasteiger partial charge in [-0.2, -0.15) is 0 Å². The highest BCUT2D eigenvalue weighted by Crippen LogP contribution is 1.99. The van der Waals surface area contributed by atoms with Crippen LogP contribution >= 0.6 is 0 Å². The van der Waals surface area contributed by atoms with Crippen molar-refractivity contribution in [1.29, 1.82) is 0 Å². The molecular weight excluding hydrogens is 202 g/mol. The molecule has 0 aliphatic rings. The molecular formula is C12H27N3O. The van der Waals surface area contributed by atoms with E-state index in [0.717, 1.165) is 32.5 Å². The molecule has 0 fully saturated rings. The number of hydrogen-bond acceptors (Lipinski definition) is 3. The first kappa shape index (κ1) is 15.4. The maximum atomic E-state index is 11.3. The van der Waals surface area contributed by atoms with Gasteiger partial charge in [-0.25, -0.2) is 0 Å². The van der Waals surface area contributed by atoms with Crippen LogP contribution in [0, 0.1) is 0 Å². The van der Waals surface area contributed by atoms with Crippen LogP contribution in [0.5, 0.6) is 0 Å². The molecule has 0 saturated carbocycles. The van der Waals surface area contributed by atoms with Crippen molar-refractivity contribution in [3.05, 3.63) is 0 Å². The van der Waals surface area contributed by atoms with Crippen LogP contribution in [0.1, 0.15) is 33.6 Å². The molecule has 0 aromatic heterocycles. The summed E-state index contributed by atoms with van der Waals surface area (Å²) in [5, 5.41) is 5.82. The fourth-order valence-corrected chi connectivity index (χ4v) is 1.72. The average Bonchev–Trinajstić information content (AvgIpc) is 2.24. The average molecular weight is 229 g/mol. The van der Waals surface area contributed by atoms with Gasteiger partial charge in [-0.05, 0) is 46.4 Å². The predicted octanol–water partition coefficient (Wildman–Crippen LogP) is 0.833. The monoisotopic (exact) mass is 229 g/mol. The molecule has 1 unspecified atom stereocenters. The summed E-state index contributed by atoms with van der Waals surface area (Å²) in [4.78, 5) is 13.7. The largest absolute Gasteiger partial charge is 0.353 e. The lowest BCUT2D eigenvalue weighted by atomic mass is 10.1. The molecule has 0 aromatic carbocycles. The molecule has 0 bridgehead atoms. The minimum Gasteiger partial charge on any atom is -0.353 e. The predicted molar refractivity (Wildman–Crippen MR) is 68.6 cm³/mol. The highest BCUT2D eigenvalue weighted by molar-refractivity contribution is 5.78. The minimum absolute atomic E-state index is 0.0813. The van der Waals surface area contributed by atoms with Crippen LogP contribution in [0.3, 0.4) is 0 Å². The summed E-state index contributed by atoms with van der Waals surface area (Å²) in [6.45, 7) is 10.2. The number of carbonyl (C=O) groups excluding carboxylic acids is 1. The summed E-state index contributed by atoms with van der Waals surface area (Å²) in [5.41, 5.74) is 0. The molecule has 96 valence electrons. The fraction of sp³-hybridized carbons (Fsp3) is 0.917. The van der Waals surface area contributed by atoms with Gasteiger partial charge in [-0.1, -0.05) is 13.8 Å². The molecule has 0 saturated heterocycles. The Balaban J connectivity index is 3.56. The van der Waals surface area contributed by atoms with Gasteiger partial charge < -0.3 is 15.5 Å². The molecule has 0 aliphatic heterocycles. The second-order valence-electron chi connectivity index (χ2n) is 4.17. The highest BCUT2D eigenvalue weighted by Gasteiger charge is 2.06. The summed E-state index contributed by atoms with van der Waals surface area (Å²) in [5.74, 6) is 0.0813. The molecule has 0 rings (SSSR count). The Morgan fingerprint density at radius 1 is 1.31 bits per heavy atom. The Morgan fingerprint density at radius 2 is 1.94 bits per heavy atom. The minimum atomic E-state index is 0.0813. The van der Waals surface area contributed by atoms with Crippen LogP contribution in [0.25, 0.3) is 0 Å². The van der Waals surface area contributed by atoms with E-state index in [1.54, 1.807) is 7.05 Å². The fourth-order valence-electron chi connectivity index (χ4n) is 1.72. The van der Waals surface area contributed by atoms with Crippen molar-refractivity contribution in [1.82, 2.24) is 15.5 Å². The molecule has 0 heterocycles. The van der Waals surface area contributed by atoms with E-state index in [4.69, 9.17) is 0 Å². The highest BCUT2D eigenvalue weighted by atomic mass is 16.1. The molecule has 4 heteroatoms. The number of likely N-dealkylation sites (N-methyl/N-ethyl adjacent to an activating group) is 1. The Bertz CT molecular complexity index is 181. The van der Waals surface area contributed by atoms with Gasteiger partial charge in [0.2, 0.25) is 5.91 Å². The van der Waals surface area contributed by atoms with Crippen molar-refractivity contribution >= 4 is 5.91 Å². The van der Waals surface area contributed by atoms with Crippen LogP contribution < -0.4 is 10.6 Å². The number of nitrogens with zero attached hydrogens (tertiary/aromatic N) is 1. The van der Waals surface area contributed by atoms with Gasteiger partial charge in [0.15, 0.2) is 0 Å². The summed E-state index contributed by atoms with van der Waals surface area (Å²) < 4.78 is 0. The maximum absolute atomic E-state index is 11.3. The van der Waals surface area contributed by atoms with E-state index in [1.165, 1.54) is 0 Å². The van der Waals surface area contributed by atoms with Crippen LogP contribution in [-0.2, 0) is 4.79 Å². The van der Waals surface area contributed by atoms with Gasteiger partial charge in [0, 0.05) is 6.04 Å². The van der Waals surface area contributed by atoms with E-state index in [9.17, 15) is 4.79 Å². The van der Waals surface area contributed by atoms with Crippen molar-refractivity contribution in [2.75, 3.05) is 33.2 Å². The summed E-state index contributed by atoms with van der Waals surface area (Å²) in [6.07, 6.45) is 2.19. The number of rotatable bonds is 9. The number of amides is 1. The van der Waals surface area contributed by atoms with E-state index in [2.05, 4.69) is 36.3 Å². The maximum Gasteiger partial charge on any atom is 0.234 e. The number of carbonyl (C=O) groups is 1. The zero-order valence-corrected chi connectivity index (χ0v) is 11.2. The Kier molecular flexibility index (Phi) is 9.24. The molecule has 1 atom stereocenters. The van der Waals surface area contributed by atoms with Crippen molar-refractivity contribution in [3.8, 4) is 0 Å². The summed E-state index contributed by atoms with van der Waals surface area (Å²) >= 11 is 0. The molecule has 4 nitrogen and oxygen atoms in total. The third-order valence-electron chi connectivity index (χ3n) is 2.75. The molecule has 0 spiro atoms. The lowest BCUT2D eigenvalue weighted by molar-refractivity contribution is -0.120. The topological polar surface area (TPSA) is 44.4 Å². The number of nitrogens with one attached hydrogen (secondary N) is 2. The van der Waals surface area contributed by atoms with Gasteiger partial charge in [0.05, 0.1) is 6.54 Å². The van der Waals surface area contributed by atoms with E-state index >= 15 is 0 Å². The van der Waals surface area contributed by atoms with Crippen LogP contribution in [0.2, 0.25) is 0 Å². The summed E-state index contributed by atoms with van der Waals surface area (Å²) in [6, 6.07) is 0.274. The van der Waals surface area contributed by atoms with Gasteiger partial charge in [0.1, 0.15) is 0 Å². The van der Waals surface area contributed by atoms with Crippen LogP contribution in [0.15, 0.2) is 0 Å². The van der Waals surface area contributed by atoms with Crippen molar-refractivity contribution in [2.24, 2.45) is 0 Å². The molecule has 0 aromatic rings. The zero-order chi connectivity index (χ0) is 12.4. The molecule has 0 radical (unpaired) electrons. The van der Waals surface area contributed by atoms with Gasteiger partial charge >= 0.3 is 0 Å². The van der Waals surface area contributed by atoms with Gasteiger partial charge in [-0.15, -0.1) is 0 Å². The van der Waals surface area contributed by atoms with Crippen molar-refractivity contribution < 1.29 is 4.79 Å². The quantitative estimate of drug-likeness (QED) is 0.615. The van der Waals surface area contributed by atoms with Crippen LogP contribution in [-0.4, -0.2) is 50.1 Å². The first-order valence-corrected chi connectivity index (χ1v) is 6.30. The second-order valence-corrected chi connectivity index (χ2v) is 4.17. The zero-order valence-electron chi connectivity index (χ0n) is 11.2. The standard InChI is InChI=1S/C12H27N3O/c1-5-15(6-2)9-7-8-11(3)14-12(16)10-13-4/h11,13H,5-10H2,1-4H3,(H,14,16). The third-order valence-corrected chi connectivity index (χ3v) is 2.75. The SMILES string of the molecule is CCN(CC)CCCC(C)NC(=O)CNC. The Hall–Kier alpha value is -0.610. The van der Waals surface area contributed by atoms with Crippen molar-refractivity contribution in [2.45, 2.75) is 39.7 Å². The van der Waals surface area contributed by atoms with E-state index in [-0.39, 0.29) is 11.9 Å². The molecule has 2 N–H and O–H groups in total. The lowest BCUT2D eigenvalue weighted by Crippen LogP contribution is -2.38. The van der Waals surface area contributed by atoms with Crippen LogP contribution in [0.4, 0.5) is 0 Å². The first-order chi connectivity index (χ1) is 7.63. The summed E-state index contributed by atoms with van der Waals surface area (Å²) in [7, 11) is 1.78. The Morgan fingerprint density at radius 3 is 2.44 bits per heavy atom. The molecule has 16 heavy (non-hydrogen) atoms. The van der Waals surface area contributed by atoms with E-state index < -0.39 is 0 Å². The first-order valence-electron chi connectivity index (χ1n) is 6.30. The third kappa shape index (κ3) is 7.65. The van der Waals surface area contributed by atoms with Gasteiger partial charge in [-0.3, -0.25) is 4.79 Å². The second kappa shape index (κ2) is 9.60. The molecule has 1 amide bonds. The normalized spacial score (nSPS) is 12.8. The van der Waals surface area contributed by atoms with E-state index in [1.807, 2.05) is 0 Å². The number of hydrogen-bond donors (Lipinski definition) is 2. The van der Waals surface area contributed by atoms with Gasteiger partial charge in [0.25, 0.3) is 0 Å². The van der Waals surface area contributed by atoms with Crippen molar-refractivity contribution in [3.63, 3.8) is 0 Å². The Labute approximate surface area is 99.8 Å².